The second-order valence-electron chi connectivity index (χ2n) is 10.1. The second-order valence-corrected chi connectivity index (χ2v) is 10.1. The number of para-hydroxylation sites is 1. The predicted molar refractivity (Wildman–Crippen MR) is 167 cm³/mol. The summed E-state index contributed by atoms with van der Waals surface area (Å²) in [6, 6.07) is 49.8. The number of hydrogen-bond acceptors (Lipinski definition) is 2. The molecule has 3 heteroatoms. The van der Waals surface area contributed by atoms with Crippen molar-refractivity contribution in [1.82, 2.24) is 9.55 Å². The van der Waals surface area contributed by atoms with Gasteiger partial charge in [0.15, 0.2) is 0 Å². The van der Waals surface area contributed by atoms with Gasteiger partial charge in [-0.3, -0.25) is 4.98 Å². The smallest absolute Gasteiger partial charge is 0.0645 e. The molecular formula is C37H25N3. The van der Waals surface area contributed by atoms with Gasteiger partial charge in [-0.1, -0.05) is 84.9 Å². The zero-order valence-corrected chi connectivity index (χ0v) is 21.8. The molecule has 40 heavy (non-hydrogen) atoms. The maximum Gasteiger partial charge on any atom is 0.0645 e. The number of rotatable bonds is 5. The lowest BCUT2D eigenvalue weighted by molar-refractivity contribution is 1.18. The van der Waals surface area contributed by atoms with E-state index in [0.717, 1.165) is 22.7 Å². The molecule has 0 aliphatic heterocycles. The van der Waals surface area contributed by atoms with Crippen molar-refractivity contribution < 1.29 is 0 Å². The molecule has 0 aliphatic carbocycles. The second kappa shape index (κ2) is 9.11. The first-order chi connectivity index (χ1) is 19.9. The third kappa shape index (κ3) is 3.49. The van der Waals surface area contributed by atoms with E-state index in [2.05, 4.69) is 148 Å². The van der Waals surface area contributed by atoms with Crippen molar-refractivity contribution >= 4 is 49.6 Å². The molecule has 0 aliphatic rings. The maximum atomic E-state index is 4.45. The maximum absolute atomic E-state index is 4.45. The van der Waals surface area contributed by atoms with E-state index in [1.165, 1.54) is 43.7 Å². The molecule has 0 atom stereocenters. The molecule has 8 aromatic rings. The van der Waals surface area contributed by atoms with Crippen molar-refractivity contribution in [2.45, 2.75) is 0 Å². The Labute approximate surface area is 232 Å². The highest BCUT2D eigenvalue weighted by Crippen LogP contribution is 2.45. The normalized spacial score (nSPS) is 11.5. The molecule has 3 nitrogen and oxygen atoms in total. The van der Waals surface area contributed by atoms with E-state index in [1.807, 2.05) is 18.5 Å². The Hall–Kier alpha value is -5.41. The molecule has 2 aromatic heterocycles. The predicted octanol–water partition coefficient (Wildman–Crippen LogP) is 9.91. The minimum Gasteiger partial charge on any atom is -0.309 e. The van der Waals surface area contributed by atoms with Crippen LogP contribution in [0, 0.1) is 0 Å². The quantitative estimate of drug-likeness (QED) is 0.214. The summed E-state index contributed by atoms with van der Waals surface area (Å²) >= 11 is 0. The zero-order chi connectivity index (χ0) is 26.5. The number of nitrogens with zero attached hydrogens (tertiary/aromatic N) is 3. The molecule has 2 heterocycles. The summed E-state index contributed by atoms with van der Waals surface area (Å²) < 4.78 is 2.40. The van der Waals surface area contributed by atoms with Crippen molar-refractivity contribution in [3.8, 4) is 16.8 Å². The summed E-state index contributed by atoms with van der Waals surface area (Å²) in [5.41, 5.74) is 9.29. The van der Waals surface area contributed by atoms with Crippen LogP contribution in [0.2, 0.25) is 0 Å². The first kappa shape index (κ1) is 22.6. The summed E-state index contributed by atoms with van der Waals surface area (Å²) in [4.78, 5) is 6.75. The van der Waals surface area contributed by atoms with Gasteiger partial charge in [-0.25, -0.2) is 0 Å². The van der Waals surface area contributed by atoms with Crippen LogP contribution < -0.4 is 4.90 Å². The third-order valence-corrected chi connectivity index (χ3v) is 7.83. The van der Waals surface area contributed by atoms with Crippen molar-refractivity contribution in [2.75, 3.05) is 4.90 Å². The highest BCUT2D eigenvalue weighted by Gasteiger charge is 2.22. The molecular weight excluding hydrogens is 486 g/mol. The average molecular weight is 512 g/mol. The highest BCUT2D eigenvalue weighted by molar-refractivity contribution is 6.26. The molecule has 0 saturated heterocycles. The number of benzene rings is 6. The summed E-state index contributed by atoms with van der Waals surface area (Å²) in [7, 11) is 0. The van der Waals surface area contributed by atoms with Crippen LogP contribution in [-0.4, -0.2) is 9.55 Å². The van der Waals surface area contributed by atoms with Crippen LogP contribution in [0.15, 0.2) is 152 Å². The van der Waals surface area contributed by atoms with Gasteiger partial charge in [0, 0.05) is 33.7 Å². The molecule has 188 valence electrons. The summed E-state index contributed by atoms with van der Waals surface area (Å²) in [6.45, 7) is 0. The zero-order valence-electron chi connectivity index (χ0n) is 21.8. The van der Waals surface area contributed by atoms with Crippen LogP contribution in [0.5, 0.6) is 0 Å². The molecule has 8 rings (SSSR count). The molecule has 0 spiro atoms. The van der Waals surface area contributed by atoms with Gasteiger partial charge in [0.05, 0.1) is 28.6 Å². The van der Waals surface area contributed by atoms with Gasteiger partial charge in [0.25, 0.3) is 0 Å². The van der Waals surface area contributed by atoms with Crippen molar-refractivity contribution in [1.29, 1.82) is 0 Å². The van der Waals surface area contributed by atoms with Crippen molar-refractivity contribution in [3.05, 3.63) is 152 Å². The van der Waals surface area contributed by atoms with Crippen LogP contribution in [0.4, 0.5) is 17.1 Å². The van der Waals surface area contributed by atoms with Crippen molar-refractivity contribution in [3.63, 3.8) is 0 Å². The molecule has 0 bridgehead atoms. The summed E-state index contributed by atoms with van der Waals surface area (Å²) in [5.74, 6) is 0. The molecule has 0 radical (unpaired) electrons. The fraction of sp³-hybridized carbons (Fsp3) is 0. The van der Waals surface area contributed by atoms with Gasteiger partial charge >= 0.3 is 0 Å². The number of pyridine rings is 1. The number of hydrogen-bond donors (Lipinski definition) is 0. The van der Waals surface area contributed by atoms with E-state index in [9.17, 15) is 0 Å². The van der Waals surface area contributed by atoms with Gasteiger partial charge in [-0.15, -0.1) is 0 Å². The van der Waals surface area contributed by atoms with Gasteiger partial charge in [-0.2, -0.15) is 0 Å². The van der Waals surface area contributed by atoms with Crippen LogP contribution in [0.25, 0.3) is 49.4 Å². The van der Waals surface area contributed by atoms with Gasteiger partial charge in [-0.05, 0) is 71.1 Å². The Kier molecular flexibility index (Phi) is 5.14. The monoisotopic (exact) mass is 511 g/mol. The number of aromatic nitrogens is 2. The fourth-order valence-electron chi connectivity index (χ4n) is 6.07. The summed E-state index contributed by atoms with van der Waals surface area (Å²) in [5, 5.41) is 5.04. The van der Waals surface area contributed by atoms with Gasteiger partial charge in [0.2, 0.25) is 0 Å². The largest absolute Gasteiger partial charge is 0.309 e. The van der Waals surface area contributed by atoms with Gasteiger partial charge in [0.1, 0.15) is 0 Å². The molecule has 0 saturated carbocycles. The SMILES string of the molecule is c1ccc(-c2ccc(-n3c4cccc5ccc6c(N(c7ccccc7)c7cccnc7)ccc3c6c54)cc2)cc1. The van der Waals surface area contributed by atoms with E-state index in [0.29, 0.717) is 0 Å². The van der Waals surface area contributed by atoms with Crippen LogP contribution >= 0.6 is 0 Å². The standard InChI is InChI=1S/C37H25N3/c1-3-9-26(10-4-1)27-16-19-30(20-17-27)40-34-15-7-11-28-18-21-32-33(22-23-35(40)37(32)36(28)34)39(29-12-5-2-6-13-29)31-14-8-24-38-25-31/h1-25H. The van der Waals surface area contributed by atoms with Gasteiger partial charge < -0.3 is 9.47 Å². The Bertz CT molecular complexity index is 2040. The van der Waals surface area contributed by atoms with Crippen LogP contribution in [0.3, 0.4) is 0 Å². The Balaban J connectivity index is 1.38. The van der Waals surface area contributed by atoms with E-state index >= 15 is 0 Å². The Morgan fingerprint density at radius 3 is 2.00 bits per heavy atom. The van der Waals surface area contributed by atoms with Crippen LogP contribution in [0.1, 0.15) is 0 Å². The Morgan fingerprint density at radius 1 is 0.500 bits per heavy atom. The minimum absolute atomic E-state index is 1.03. The average Bonchev–Trinajstić information content (AvgIpc) is 3.38. The first-order valence-corrected chi connectivity index (χ1v) is 13.6. The van der Waals surface area contributed by atoms with E-state index in [4.69, 9.17) is 0 Å². The lowest BCUT2D eigenvalue weighted by atomic mass is 10.00. The molecule has 6 aromatic carbocycles. The minimum atomic E-state index is 1.03. The highest BCUT2D eigenvalue weighted by atomic mass is 15.1. The number of anilines is 3. The molecule has 0 N–H and O–H groups in total. The van der Waals surface area contributed by atoms with E-state index in [-0.39, 0.29) is 0 Å². The molecule has 0 unspecified atom stereocenters. The summed E-state index contributed by atoms with van der Waals surface area (Å²) in [6.07, 6.45) is 3.75. The van der Waals surface area contributed by atoms with E-state index in [1.54, 1.807) is 0 Å². The third-order valence-electron chi connectivity index (χ3n) is 7.83. The fourth-order valence-corrected chi connectivity index (χ4v) is 6.07. The topological polar surface area (TPSA) is 21.1 Å². The lowest BCUT2D eigenvalue weighted by Crippen LogP contribution is -2.10. The van der Waals surface area contributed by atoms with E-state index < -0.39 is 0 Å². The lowest BCUT2D eigenvalue weighted by Gasteiger charge is -2.26. The molecule has 0 fully saturated rings. The van der Waals surface area contributed by atoms with Crippen LogP contribution in [-0.2, 0) is 0 Å². The molecule has 0 amide bonds. The van der Waals surface area contributed by atoms with Crippen molar-refractivity contribution in [2.24, 2.45) is 0 Å². The Morgan fingerprint density at radius 2 is 1.23 bits per heavy atom. The first-order valence-electron chi connectivity index (χ1n) is 13.6.